The predicted molar refractivity (Wildman–Crippen MR) is 64.5 cm³/mol. The molecule has 0 aromatic heterocycles. The average Bonchev–Trinajstić information content (AvgIpc) is 2.34. The summed E-state index contributed by atoms with van der Waals surface area (Å²) in [5, 5.41) is 3.24. The lowest BCUT2D eigenvalue weighted by atomic mass is 10.2. The van der Waals surface area contributed by atoms with E-state index in [1.165, 1.54) is 0 Å². The van der Waals surface area contributed by atoms with Crippen LogP contribution in [-0.2, 0) is 4.74 Å². The largest absolute Gasteiger partial charge is 0.493 e. The average molecular weight is 225 g/mol. The van der Waals surface area contributed by atoms with Crippen LogP contribution in [0.2, 0.25) is 0 Å². The lowest BCUT2D eigenvalue weighted by Crippen LogP contribution is -2.09. The first kappa shape index (κ1) is 12.6. The number of benzene rings is 1. The van der Waals surface area contributed by atoms with Gasteiger partial charge in [-0.05, 0) is 19.1 Å². The standard InChI is InChI=1S/C12H19NO3/c1-4-16-8-7-13-10-5-6-11(14-2)12(9-10)15-3/h5-6,9,13H,4,7-8H2,1-3H3. The number of hydrogen-bond acceptors (Lipinski definition) is 4. The van der Waals surface area contributed by atoms with E-state index < -0.39 is 0 Å². The summed E-state index contributed by atoms with van der Waals surface area (Å²) in [6.07, 6.45) is 0. The third kappa shape index (κ3) is 3.62. The van der Waals surface area contributed by atoms with Crippen molar-refractivity contribution in [1.29, 1.82) is 0 Å². The Labute approximate surface area is 96.5 Å². The molecule has 0 unspecified atom stereocenters. The van der Waals surface area contributed by atoms with Crippen molar-refractivity contribution >= 4 is 5.69 Å². The molecule has 4 heteroatoms. The summed E-state index contributed by atoms with van der Waals surface area (Å²) in [5.41, 5.74) is 0.998. The highest BCUT2D eigenvalue weighted by Gasteiger charge is 2.03. The quantitative estimate of drug-likeness (QED) is 0.722. The van der Waals surface area contributed by atoms with Gasteiger partial charge in [0.1, 0.15) is 0 Å². The van der Waals surface area contributed by atoms with Crippen molar-refractivity contribution < 1.29 is 14.2 Å². The Hall–Kier alpha value is -1.42. The van der Waals surface area contributed by atoms with E-state index in [4.69, 9.17) is 14.2 Å². The Balaban J connectivity index is 2.54. The van der Waals surface area contributed by atoms with E-state index >= 15 is 0 Å². The van der Waals surface area contributed by atoms with E-state index in [2.05, 4.69) is 5.32 Å². The molecule has 0 atom stereocenters. The number of rotatable bonds is 7. The molecule has 0 amide bonds. The zero-order chi connectivity index (χ0) is 11.8. The van der Waals surface area contributed by atoms with Crippen molar-refractivity contribution in [2.75, 3.05) is 39.3 Å². The molecule has 4 nitrogen and oxygen atoms in total. The highest BCUT2D eigenvalue weighted by Crippen LogP contribution is 2.29. The lowest BCUT2D eigenvalue weighted by molar-refractivity contribution is 0.158. The molecule has 1 N–H and O–H groups in total. The van der Waals surface area contributed by atoms with Gasteiger partial charge in [0.15, 0.2) is 11.5 Å². The van der Waals surface area contributed by atoms with E-state index in [-0.39, 0.29) is 0 Å². The first-order valence-corrected chi connectivity index (χ1v) is 5.35. The number of methoxy groups -OCH3 is 2. The van der Waals surface area contributed by atoms with Gasteiger partial charge in [0.2, 0.25) is 0 Å². The summed E-state index contributed by atoms with van der Waals surface area (Å²) < 4.78 is 15.6. The fourth-order valence-corrected chi connectivity index (χ4v) is 1.36. The number of ether oxygens (including phenoxy) is 3. The Morgan fingerprint density at radius 3 is 2.50 bits per heavy atom. The number of anilines is 1. The van der Waals surface area contributed by atoms with Crippen molar-refractivity contribution in [3.05, 3.63) is 18.2 Å². The summed E-state index contributed by atoms with van der Waals surface area (Å²) in [5.74, 6) is 1.46. The van der Waals surface area contributed by atoms with Gasteiger partial charge in [-0.3, -0.25) is 0 Å². The Morgan fingerprint density at radius 2 is 1.88 bits per heavy atom. The summed E-state index contributed by atoms with van der Waals surface area (Å²) in [7, 11) is 3.25. The second kappa shape index (κ2) is 6.95. The molecule has 0 radical (unpaired) electrons. The Morgan fingerprint density at radius 1 is 1.12 bits per heavy atom. The van der Waals surface area contributed by atoms with Gasteiger partial charge in [-0.15, -0.1) is 0 Å². The summed E-state index contributed by atoms with van der Waals surface area (Å²) >= 11 is 0. The SMILES string of the molecule is CCOCCNc1ccc(OC)c(OC)c1. The van der Waals surface area contributed by atoms with E-state index in [1.54, 1.807) is 14.2 Å². The molecule has 0 fully saturated rings. The van der Waals surface area contributed by atoms with Crippen molar-refractivity contribution in [1.82, 2.24) is 0 Å². The van der Waals surface area contributed by atoms with Crippen molar-refractivity contribution in [2.45, 2.75) is 6.92 Å². The normalized spacial score (nSPS) is 9.94. The van der Waals surface area contributed by atoms with Gasteiger partial charge >= 0.3 is 0 Å². The molecule has 90 valence electrons. The maximum atomic E-state index is 5.24. The van der Waals surface area contributed by atoms with Crippen molar-refractivity contribution in [2.24, 2.45) is 0 Å². The second-order valence-electron chi connectivity index (χ2n) is 3.19. The zero-order valence-electron chi connectivity index (χ0n) is 10.1. The van der Waals surface area contributed by atoms with Gasteiger partial charge in [-0.2, -0.15) is 0 Å². The fourth-order valence-electron chi connectivity index (χ4n) is 1.36. The molecule has 0 aliphatic heterocycles. The van der Waals surface area contributed by atoms with Crippen LogP contribution in [0.3, 0.4) is 0 Å². The molecule has 0 saturated heterocycles. The van der Waals surface area contributed by atoms with Crippen LogP contribution in [0, 0.1) is 0 Å². The molecular weight excluding hydrogens is 206 g/mol. The maximum Gasteiger partial charge on any atom is 0.162 e. The van der Waals surface area contributed by atoms with Crippen LogP contribution in [0.5, 0.6) is 11.5 Å². The van der Waals surface area contributed by atoms with E-state index in [0.29, 0.717) is 6.61 Å². The van der Waals surface area contributed by atoms with Crippen molar-refractivity contribution in [3.8, 4) is 11.5 Å². The van der Waals surface area contributed by atoms with Crippen molar-refractivity contribution in [3.63, 3.8) is 0 Å². The first-order chi connectivity index (χ1) is 7.81. The Bertz CT molecular complexity index is 315. The Kier molecular flexibility index (Phi) is 5.50. The van der Waals surface area contributed by atoms with Gasteiger partial charge in [-0.1, -0.05) is 0 Å². The fraction of sp³-hybridized carbons (Fsp3) is 0.500. The van der Waals surface area contributed by atoms with Gasteiger partial charge in [-0.25, -0.2) is 0 Å². The molecule has 0 heterocycles. The van der Waals surface area contributed by atoms with Crippen LogP contribution in [0.4, 0.5) is 5.69 Å². The minimum atomic E-state index is 0.699. The minimum absolute atomic E-state index is 0.699. The molecule has 1 aromatic rings. The molecule has 0 bridgehead atoms. The highest BCUT2D eigenvalue weighted by atomic mass is 16.5. The maximum absolute atomic E-state index is 5.24. The van der Waals surface area contributed by atoms with Crippen LogP contribution in [0.15, 0.2) is 18.2 Å². The third-order valence-corrected chi connectivity index (χ3v) is 2.16. The van der Waals surface area contributed by atoms with Crippen LogP contribution >= 0.6 is 0 Å². The topological polar surface area (TPSA) is 39.7 Å². The van der Waals surface area contributed by atoms with E-state index in [9.17, 15) is 0 Å². The molecule has 0 saturated carbocycles. The van der Waals surface area contributed by atoms with Crippen LogP contribution in [0.1, 0.15) is 6.92 Å². The van der Waals surface area contributed by atoms with E-state index in [1.807, 2.05) is 25.1 Å². The smallest absolute Gasteiger partial charge is 0.162 e. The third-order valence-electron chi connectivity index (χ3n) is 2.16. The van der Waals surface area contributed by atoms with E-state index in [0.717, 1.165) is 30.3 Å². The number of hydrogen-bond donors (Lipinski definition) is 1. The highest BCUT2D eigenvalue weighted by molar-refractivity contribution is 5.54. The summed E-state index contributed by atoms with van der Waals surface area (Å²) in [4.78, 5) is 0. The van der Waals surface area contributed by atoms with Crippen LogP contribution in [-0.4, -0.2) is 34.0 Å². The number of nitrogens with one attached hydrogen (secondary N) is 1. The molecule has 1 aromatic carbocycles. The van der Waals surface area contributed by atoms with Gasteiger partial charge in [0.25, 0.3) is 0 Å². The molecule has 0 aliphatic rings. The lowest BCUT2D eigenvalue weighted by Gasteiger charge is -2.11. The molecular formula is C12H19NO3. The monoisotopic (exact) mass is 225 g/mol. The first-order valence-electron chi connectivity index (χ1n) is 5.35. The predicted octanol–water partition coefficient (Wildman–Crippen LogP) is 2.15. The summed E-state index contributed by atoms with van der Waals surface area (Å²) in [6.45, 7) is 4.21. The molecule has 16 heavy (non-hydrogen) atoms. The van der Waals surface area contributed by atoms with Crippen LogP contribution < -0.4 is 14.8 Å². The zero-order valence-corrected chi connectivity index (χ0v) is 10.1. The van der Waals surface area contributed by atoms with Gasteiger partial charge in [0.05, 0.1) is 20.8 Å². The molecule has 0 spiro atoms. The summed E-state index contributed by atoms with van der Waals surface area (Å²) in [6, 6.07) is 5.74. The molecule has 0 aliphatic carbocycles. The minimum Gasteiger partial charge on any atom is -0.493 e. The van der Waals surface area contributed by atoms with Gasteiger partial charge < -0.3 is 19.5 Å². The van der Waals surface area contributed by atoms with Crippen LogP contribution in [0.25, 0.3) is 0 Å². The second-order valence-corrected chi connectivity index (χ2v) is 3.19. The molecule has 1 rings (SSSR count). The van der Waals surface area contributed by atoms with Gasteiger partial charge in [0, 0.05) is 24.9 Å².